The normalized spacial score (nSPS) is 25.9. The zero-order valence-corrected chi connectivity index (χ0v) is 8.03. The first kappa shape index (κ1) is 10.0. The van der Waals surface area contributed by atoms with Gasteiger partial charge in [0.2, 0.25) is 0 Å². The van der Waals surface area contributed by atoms with Crippen LogP contribution in [-0.2, 0) is 0 Å². The first-order chi connectivity index (χ1) is 6.31. The second-order valence-corrected chi connectivity index (χ2v) is 3.52. The molecule has 1 rings (SSSR count). The van der Waals surface area contributed by atoms with Gasteiger partial charge in [-0.1, -0.05) is 6.92 Å². The first-order valence-electron chi connectivity index (χ1n) is 4.85. The largest absolute Gasteiger partial charge is 0.287 e. The van der Waals surface area contributed by atoms with Gasteiger partial charge < -0.3 is 0 Å². The van der Waals surface area contributed by atoms with Gasteiger partial charge in [0.25, 0.3) is 0 Å². The van der Waals surface area contributed by atoms with Crippen molar-refractivity contribution in [3.8, 4) is 12.1 Å². The minimum Gasteiger partial charge on any atom is -0.287 e. The molecule has 0 radical (unpaired) electrons. The zero-order valence-electron chi connectivity index (χ0n) is 8.03. The van der Waals surface area contributed by atoms with Gasteiger partial charge in [-0.25, -0.2) is 0 Å². The van der Waals surface area contributed by atoms with Crippen LogP contribution in [0.5, 0.6) is 0 Å². The Morgan fingerprint density at radius 2 is 2.31 bits per heavy atom. The lowest BCUT2D eigenvalue weighted by atomic mass is 9.98. The van der Waals surface area contributed by atoms with Crippen molar-refractivity contribution in [2.24, 2.45) is 5.92 Å². The van der Waals surface area contributed by atoms with Crippen LogP contribution in [0.3, 0.4) is 0 Å². The van der Waals surface area contributed by atoms with Gasteiger partial charge in [0.1, 0.15) is 0 Å². The highest BCUT2D eigenvalue weighted by Crippen LogP contribution is 2.18. The highest BCUT2D eigenvalue weighted by Gasteiger charge is 2.24. The van der Waals surface area contributed by atoms with Crippen LogP contribution < -0.4 is 0 Å². The standard InChI is InChI=1S/C10H15N3/c1-2-10(7-12)13-5-3-4-9(6-11)8-13/h9-10H,2-5,8H2,1H3. The Morgan fingerprint density at radius 3 is 2.85 bits per heavy atom. The number of hydrogen-bond donors (Lipinski definition) is 0. The van der Waals surface area contributed by atoms with Crippen LogP contribution in [0.1, 0.15) is 26.2 Å². The number of rotatable bonds is 2. The van der Waals surface area contributed by atoms with Crippen molar-refractivity contribution in [1.82, 2.24) is 4.90 Å². The summed E-state index contributed by atoms with van der Waals surface area (Å²) in [5.74, 6) is 0.135. The van der Waals surface area contributed by atoms with Crippen LogP contribution in [0.25, 0.3) is 0 Å². The van der Waals surface area contributed by atoms with E-state index in [-0.39, 0.29) is 12.0 Å². The molecule has 3 nitrogen and oxygen atoms in total. The molecule has 70 valence electrons. The summed E-state index contributed by atoms with van der Waals surface area (Å²) in [6.07, 6.45) is 2.90. The number of likely N-dealkylation sites (tertiary alicyclic amines) is 1. The lowest BCUT2D eigenvalue weighted by Crippen LogP contribution is -2.41. The average Bonchev–Trinajstić information content (AvgIpc) is 2.20. The summed E-state index contributed by atoms with van der Waals surface area (Å²) in [7, 11) is 0. The van der Waals surface area contributed by atoms with Crippen LogP contribution in [0.15, 0.2) is 0 Å². The van der Waals surface area contributed by atoms with Crippen LogP contribution >= 0.6 is 0 Å². The van der Waals surface area contributed by atoms with Gasteiger partial charge in [0.15, 0.2) is 0 Å². The number of hydrogen-bond acceptors (Lipinski definition) is 3. The number of piperidine rings is 1. The molecule has 0 saturated carbocycles. The summed E-state index contributed by atoms with van der Waals surface area (Å²) in [5.41, 5.74) is 0. The summed E-state index contributed by atoms with van der Waals surface area (Å²) in [6, 6.07) is 4.58. The summed E-state index contributed by atoms with van der Waals surface area (Å²) < 4.78 is 0. The van der Waals surface area contributed by atoms with E-state index in [9.17, 15) is 0 Å². The van der Waals surface area contributed by atoms with Gasteiger partial charge in [-0.3, -0.25) is 4.90 Å². The smallest absolute Gasteiger partial charge is 0.0975 e. The minimum absolute atomic E-state index is 0.0103. The molecule has 0 aliphatic carbocycles. The molecular formula is C10H15N3. The molecule has 2 atom stereocenters. The maximum Gasteiger partial charge on any atom is 0.0975 e. The fourth-order valence-electron chi connectivity index (χ4n) is 1.83. The number of nitrogens with zero attached hydrogens (tertiary/aromatic N) is 3. The Kier molecular flexibility index (Phi) is 3.73. The Balaban J connectivity index is 2.52. The molecule has 0 aromatic rings. The van der Waals surface area contributed by atoms with Gasteiger partial charge in [-0.15, -0.1) is 0 Å². The van der Waals surface area contributed by atoms with Gasteiger partial charge >= 0.3 is 0 Å². The van der Waals surface area contributed by atoms with Crippen LogP contribution in [0.4, 0.5) is 0 Å². The summed E-state index contributed by atoms with van der Waals surface area (Å²) >= 11 is 0. The van der Waals surface area contributed by atoms with E-state index in [1.807, 2.05) is 6.92 Å². The van der Waals surface area contributed by atoms with Crippen LogP contribution in [0, 0.1) is 28.6 Å². The monoisotopic (exact) mass is 177 g/mol. The Labute approximate surface area is 79.6 Å². The van der Waals surface area contributed by atoms with E-state index in [1.54, 1.807) is 0 Å². The van der Waals surface area contributed by atoms with E-state index in [4.69, 9.17) is 10.5 Å². The number of nitriles is 2. The van der Waals surface area contributed by atoms with E-state index in [0.29, 0.717) is 0 Å². The van der Waals surface area contributed by atoms with Crippen molar-refractivity contribution in [3.63, 3.8) is 0 Å². The highest BCUT2D eigenvalue weighted by molar-refractivity contribution is 4.96. The van der Waals surface area contributed by atoms with Gasteiger partial charge in [-0.05, 0) is 25.8 Å². The fourth-order valence-corrected chi connectivity index (χ4v) is 1.83. The molecule has 3 heteroatoms. The molecule has 0 amide bonds. The minimum atomic E-state index is 0.0103. The van der Waals surface area contributed by atoms with E-state index in [0.717, 1.165) is 32.4 Å². The third-order valence-electron chi connectivity index (χ3n) is 2.61. The van der Waals surface area contributed by atoms with Crippen molar-refractivity contribution in [2.75, 3.05) is 13.1 Å². The molecule has 0 aromatic heterocycles. The Bertz CT molecular complexity index is 236. The molecule has 1 fully saturated rings. The predicted octanol–water partition coefficient (Wildman–Crippen LogP) is 1.52. The fraction of sp³-hybridized carbons (Fsp3) is 0.800. The quantitative estimate of drug-likeness (QED) is 0.642. The molecule has 1 aliphatic rings. The van der Waals surface area contributed by atoms with Gasteiger partial charge in [-0.2, -0.15) is 10.5 Å². The molecule has 1 saturated heterocycles. The van der Waals surface area contributed by atoms with Crippen molar-refractivity contribution in [3.05, 3.63) is 0 Å². The maximum atomic E-state index is 8.86. The van der Waals surface area contributed by atoms with E-state index in [1.165, 1.54) is 0 Å². The molecule has 0 bridgehead atoms. The Hall–Kier alpha value is -1.06. The van der Waals surface area contributed by atoms with Gasteiger partial charge in [0.05, 0.1) is 24.1 Å². The first-order valence-corrected chi connectivity index (χ1v) is 4.85. The third kappa shape index (κ3) is 2.44. The molecule has 1 aliphatic heterocycles. The lowest BCUT2D eigenvalue weighted by molar-refractivity contribution is 0.166. The molecular weight excluding hydrogens is 162 g/mol. The van der Waals surface area contributed by atoms with E-state index in [2.05, 4.69) is 17.0 Å². The lowest BCUT2D eigenvalue weighted by Gasteiger charge is -2.32. The summed E-state index contributed by atoms with van der Waals surface area (Å²) in [6.45, 7) is 3.77. The summed E-state index contributed by atoms with van der Waals surface area (Å²) in [4.78, 5) is 2.14. The van der Waals surface area contributed by atoms with Crippen molar-refractivity contribution in [2.45, 2.75) is 32.2 Å². The van der Waals surface area contributed by atoms with Crippen LogP contribution in [-0.4, -0.2) is 24.0 Å². The van der Waals surface area contributed by atoms with Crippen molar-refractivity contribution >= 4 is 0 Å². The molecule has 0 N–H and O–H groups in total. The molecule has 0 aromatic carbocycles. The SMILES string of the molecule is CCC(C#N)N1CCCC(C#N)C1. The summed E-state index contributed by atoms with van der Waals surface area (Å²) in [5, 5.41) is 17.6. The van der Waals surface area contributed by atoms with Crippen molar-refractivity contribution < 1.29 is 0 Å². The van der Waals surface area contributed by atoms with Crippen molar-refractivity contribution in [1.29, 1.82) is 10.5 Å². The maximum absolute atomic E-state index is 8.86. The van der Waals surface area contributed by atoms with Crippen LogP contribution in [0.2, 0.25) is 0 Å². The van der Waals surface area contributed by atoms with E-state index < -0.39 is 0 Å². The Morgan fingerprint density at radius 1 is 1.54 bits per heavy atom. The zero-order chi connectivity index (χ0) is 9.68. The molecule has 2 unspecified atom stereocenters. The third-order valence-corrected chi connectivity index (χ3v) is 2.61. The van der Waals surface area contributed by atoms with Gasteiger partial charge in [0, 0.05) is 6.54 Å². The topological polar surface area (TPSA) is 50.8 Å². The molecule has 13 heavy (non-hydrogen) atoms. The highest BCUT2D eigenvalue weighted by atomic mass is 15.2. The molecule has 0 spiro atoms. The average molecular weight is 177 g/mol. The van der Waals surface area contributed by atoms with E-state index >= 15 is 0 Å². The second kappa shape index (κ2) is 4.84. The molecule has 1 heterocycles. The second-order valence-electron chi connectivity index (χ2n) is 3.52. The predicted molar refractivity (Wildman–Crippen MR) is 49.6 cm³/mol.